The topological polar surface area (TPSA) is 76.1 Å². The van der Waals surface area contributed by atoms with E-state index >= 15 is 0 Å². The molecule has 0 aromatic carbocycles. The first kappa shape index (κ1) is 13.1. The molecule has 1 N–H and O–H groups in total. The van der Waals surface area contributed by atoms with E-state index in [2.05, 4.69) is 26.2 Å². The van der Waals surface area contributed by atoms with E-state index in [0.717, 1.165) is 6.26 Å². The van der Waals surface area contributed by atoms with E-state index in [1.54, 1.807) is 6.92 Å². The van der Waals surface area contributed by atoms with Gasteiger partial charge >= 0.3 is 0 Å². The summed E-state index contributed by atoms with van der Waals surface area (Å²) < 4.78 is 22.2. The Bertz CT molecular complexity index is 482. The fourth-order valence-electron chi connectivity index (χ4n) is 0.915. The number of nitrogens with one attached hydrogen (secondary N) is 1. The van der Waals surface area contributed by atoms with Crippen molar-refractivity contribution < 1.29 is 13.2 Å². The molecule has 1 unspecified atom stereocenters. The van der Waals surface area contributed by atoms with Crippen molar-refractivity contribution in [3.8, 4) is 0 Å². The van der Waals surface area contributed by atoms with Crippen LogP contribution in [-0.4, -0.2) is 30.4 Å². The van der Waals surface area contributed by atoms with Crippen molar-refractivity contribution in [2.45, 2.75) is 16.8 Å². The van der Waals surface area contributed by atoms with Gasteiger partial charge in [-0.1, -0.05) is 15.9 Å². The molecule has 1 rings (SSSR count). The van der Waals surface area contributed by atoms with Gasteiger partial charge in [-0.25, -0.2) is 13.4 Å². The zero-order valence-electron chi connectivity index (χ0n) is 8.77. The number of hydrogen-bond donors (Lipinski definition) is 1. The summed E-state index contributed by atoms with van der Waals surface area (Å²) in [5, 5.41) is 2.56. The van der Waals surface area contributed by atoms with Crippen molar-refractivity contribution in [3.05, 3.63) is 18.3 Å². The van der Waals surface area contributed by atoms with Crippen LogP contribution in [-0.2, 0) is 14.6 Å². The molecule has 1 aromatic heterocycles. The fraction of sp³-hybridized carbons (Fsp3) is 0.333. The molecule has 1 atom stereocenters. The van der Waals surface area contributed by atoms with Crippen LogP contribution in [0.25, 0.3) is 0 Å². The van der Waals surface area contributed by atoms with Crippen molar-refractivity contribution in [2.75, 3.05) is 11.6 Å². The number of anilines is 1. The quantitative estimate of drug-likeness (QED) is 0.852. The van der Waals surface area contributed by atoms with Gasteiger partial charge in [0, 0.05) is 6.26 Å². The second kappa shape index (κ2) is 4.92. The maximum Gasteiger partial charge on any atom is 0.237 e. The van der Waals surface area contributed by atoms with Gasteiger partial charge in [-0.05, 0) is 19.1 Å². The highest BCUT2D eigenvalue weighted by Crippen LogP contribution is 2.11. The maximum atomic E-state index is 11.3. The summed E-state index contributed by atoms with van der Waals surface area (Å²) in [4.78, 5) is 14.7. The van der Waals surface area contributed by atoms with Gasteiger partial charge in [0.25, 0.3) is 0 Å². The number of nitrogens with zero attached hydrogens (tertiary/aromatic N) is 1. The Morgan fingerprint density at radius 2 is 2.12 bits per heavy atom. The van der Waals surface area contributed by atoms with Gasteiger partial charge in [-0.2, -0.15) is 0 Å². The Balaban J connectivity index is 2.84. The van der Waals surface area contributed by atoms with Gasteiger partial charge in [-0.15, -0.1) is 0 Å². The Hall–Kier alpha value is -0.950. The minimum absolute atomic E-state index is 0.0163. The lowest BCUT2D eigenvalue weighted by Crippen LogP contribution is -2.20. The van der Waals surface area contributed by atoms with Crippen molar-refractivity contribution in [3.63, 3.8) is 0 Å². The van der Waals surface area contributed by atoms with Gasteiger partial charge in [-0.3, -0.25) is 4.79 Å². The number of rotatable bonds is 3. The molecule has 0 aliphatic rings. The molecule has 0 aliphatic carbocycles. The monoisotopic (exact) mass is 306 g/mol. The highest BCUT2D eigenvalue weighted by atomic mass is 79.9. The number of alkyl halides is 1. The van der Waals surface area contributed by atoms with Crippen LogP contribution in [0.4, 0.5) is 5.69 Å². The number of pyridine rings is 1. The van der Waals surface area contributed by atoms with E-state index in [0.29, 0.717) is 5.69 Å². The third-order valence-electron chi connectivity index (χ3n) is 1.75. The predicted molar refractivity (Wildman–Crippen MR) is 64.4 cm³/mol. The van der Waals surface area contributed by atoms with Crippen LogP contribution in [0.1, 0.15) is 6.92 Å². The second-order valence-electron chi connectivity index (χ2n) is 3.26. The lowest BCUT2D eigenvalue weighted by atomic mass is 10.4. The SMILES string of the molecule is CC(Br)C(=O)Nc1ccc(S(C)(=O)=O)nc1. The number of sulfone groups is 1. The van der Waals surface area contributed by atoms with Crippen LogP contribution in [0.5, 0.6) is 0 Å². The van der Waals surface area contributed by atoms with E-state index in [1.165, 1.54) is 18.3 Å². The van der Waals surface area contributed by atoms with Crippen LogP contribution < -0.4 is 5.32 Å². The summed E-state index contributed by atoms with van der Waals surface area (Å²) in [6.07, 6.45) is 2.39. The Labute approximate surface area is 102 Å². The molecule has 1 amide bonds. The second-order valence-corrected chi connectivity index (χ2v) is 6.60. The van der Waals surface area contributed by atoms with Gasteiger partial charge in [0.15, 0.2) is 14.9 Å². The third kappa shape index (κ3) is 3.57. The van der Waals surface area contributed by atoms with E-state index < -0.39 is 9.84 Å². The van der Waals surface area contributed by atoms with Crippen molar-refractivity contribution in [1.82, 2.24) is 4.98 Å². The van der Waals surface area contributed by atoms with Gasteiger partial charge in [0.05, 0.1) is 16.7 Å². The Morgan fingerprint density at radius 3 is 2.50 bits per heavy atom. The van der Waals surface area contributed by atoms with E-state index in [-0.39, 0.29) is 15.8 Å². The normalized spacial score (nSPS) is 13.2. The molecule has 7 heteroatoms. The lowest BCUT2D eigenvalue weighted by Gasteiger charge is -2.06. The minimum Gasteiger partial charge on any atom is -0.324 e. The molecule has 0 bridgehead atoms. The van der Waals surface area contributed by atoms with Crippen molar-refractivity contribution >= 4 is 37.4 Å². The predicted octanol–water partition coefficient (Wildman–Crippen LogP) is 1.21. The summed E-state index contributed by atoms with van der Waals surface area (Å²) in [6, 6.07) is 2.85. The molecule has 5 nitrogen and oxygen atoms in total. The number of halogens is 1. The first-order valence-electron chi connectivity index (χ1n) is 4.42. The van der Waals surface area contributed by atoms with Crippen molar-refractivity contribution in [2.24, 2.45) is 0 Å². The summed E-state index contributed by atoms with van der Waals surface area (Å²) in [5.74, 6) is -0.214. The summed E-state index contributed by atoms with van der Waals surface area (Å²) >= 11 is 3.12. The smallest absolute Gasteiger partial charge is 0.237 e. The van der Waals surface area contributed by atoms with Crippen LogP contribution in [0.15, 0.2) is 23.4 Å². The Morgan fingerprint density at radius 1 is 1.50 bits per heavy atom. The third-order valence-corrected chi connectivity index (χ3v) is 3.16. The highest BCUT2D eigenvalue weighted by molar-refractivity contribution is 9.10. The zero-order valence-corrected chi connectivity index (χ0v) is 11.2. The summed E-state index contributed by atoms with van der Waals surface area (Å²) in [7, 11) is -3.30. The Kier molecular flexibility index (Phi) is 4.03. The van der Waals surface area contributed by atoms with Crippen LogP contribution in [0.2, 0.25) is 0 Å². The molecule has 0 spiro atoms. The zero-order chi connectivity index (χ0) is 12.3. The van der Waals surface area contributed by atoms with Gasteiger partial charge in [0.2, 0.25) is 5.91 Å². The van der Waals surface area contributed by atoms with Crippen LogP contribution >= 0.6 is 15.9 Å². The number of hydrogen-bond acceptors (Lipinski definition) is 4. The number of amides is 1. The van der Waals surface area contributed by atoms with Crippen LogP contribution in [0.3, 0.4) is 0 Å². The minimum atomic E-state index is -3.30. The lowest BCUT2D eigenvalue weighted by molar-refractivity contribution is -0.115. The summed E-state index contributed by atoms with van der Waals surface area (Å²) in [5.41, 5.74) is 0.462. The van der Waals surface area contributed by atoms with E-state index in [4.69, 9.17) is 0 Å². The summed E-state index contributed by atoms with van der Waals surface area (Å²) in [6.45, 7) is 1.69. The molecule has 0 aliphatic heterocycles. The average Bonchev–Trinajstić information content (AvgIpc) is 2.17. The molecule has 0 fully saturated rings. The van der Waals surface area contributed by atoms with E-state index in [9.17, 15) is 13.2 Å². The van der Waals surface area contributed by atoms with Gasteiger partial charge < -0.3 is 5.32 Å². The number of carbonyl (C=O) groups excluding carboxylic acids is 1. The molecule has 0 saturated carbocycles. The first-order valence-corrected chi connectivity index (χ1v) is 7.22. The molecule has 0 radical (unpaired) electrons. The van der Waals surface area contributed by atoms with Gasteiger partial charge in [0.1, 0.15) is 0 Å². The molecular formula is C9H11BrN2O3S. The molecule has 16 heavy (non-hydrogen) atoms. The molecule has 1 heterocycles. The van der Waals surface area contributed by atoms with E-state index in [1.807, 2.05) is 0 Å². The maximum absolute atomic E-state index is 11.3. The molecule has 88 valence electrons. The molecular weight excluding hydrogens is 296 g/mol. The fourth-order valence-corrected chi connectivity index (χ4v) is 1.59. The largest absolute Gasteiger partial charge is 0.324 e. The highest BCUT2D eigenvalue weighted by Gasteiger charge is 2.11. The van der Waals surface area contributed by atoms with Crippen molar-refractivity contribution in [1.29, 1.82) is 0 Å². The first-order chi connectivity index (χ1) is 7.30. The standard InChI is InChI=1S/C9H11BrN2O3S/c1-6(10)9(13)12-7-3-4-8(11-5-7)16(2,14)15/h3-6H,1-2H3,(H,12,13). The average molecular weight is 307 g/mol. The number of aromatic nitrogens is 1. The molecule has 0 saturated heterocycles. The van der Waals surface area contributed by atoms with Crippen LogP contribution in [0, 0.1) is 0 Å². The molecule has 1 aromatic rings. The number of carbonyl (C=O) groups is 1.